The Kier molecular flexibility index (Phi) is 5.91. The van der Waals surface area contributed by atoms with E-state index in [0.717, 1.165) is 5.56 Å². The number of carbonyl (C=O) groups is 1. The Labute approximate surface area is 180 Å². The molecule has 8 nitrogen and oxygen atoms in total. The molecule has 0 aromatic heterocycles. The Hall–Kier alpha value is -2.66. The lowest BCUT2D eigenvalue weighted by Crippen LogP contribution is -2.40. The number of ether oxygens (including phenoxy) is 1. The summed E-state index contributed by atoms with van der Waals surface area (Å²) in [6.45, 7) is 1.50. The van der Waals surface area contributed by atoms with Crippen molar-refractivity contribution in [3.63, 3.8) is 0 Å². The normalized spacial score (nSPS) is 18.3. The second kappa shape index (κ2) is 8.60. The molecule has 1 saturated heterocycles. The first-order valence-electron chi connectivity index (χ1n) is 9.39. The van der Waals surface area contributed by atoms with Crippen molar-refractivity contribution in [2.24, 2.45) is 5.10 Å². The smallest absolute Gasteiger partial charge is 0.243 e. The molecule has 0 unspecified atom stereocenters. The summed E-state index contributed by atoms with van der Waals surface area (Å²) >= 11 is 5.25. The zero-order valence-corrected chi connectivity index (χ0v) is 17.6. The number of hydrogen-bond acceptors (Lipinski definition) is 6. The molecule has 0 amide bonds. The van der Waals surface area contributed by atoms with Gasteiger partial charge in [-0.05, 0) is 36.5 Å². The molecule has 1 aliphatic carbocycles. The monoisotopic (exact) mass is 444 g/mol. The molecule has 1 aliphatic heterocycles. The van der Waals surface area contributed by atoms with Crippen LogP contribution in [-0.2, 0) is 14.8 Å². The number of fused-ring (bicyclic) bond motifs is 1. The number of nitrogens with zero attached hydrogens (tertiary/aromatic N) is 2. The van der Waals surface area contributed by atoms with Crippen LogP contribution in [0.15, 0.2) is 58.5 Å². The summed E-state index contributed by atoms with van der Waals surface area (Å²) in [6.07, 6.45) is 0.225. The standard InChI is InChI=1S/C20H20N4O4S2/c25-19-13-18(16-3-1-2-4-17(16)19)22-23-20(29)21-14-5-7-15(8-6-14)30(26,27)24-9-11-28-12-10-24/h1-8H,9-13H2,(H2,21,23,29)/b22-18+. The number of Topliss-reactive ketones (excluding diaryl/α,β-unsaturated/α-hetero) is 1. The largest absolute Gasteiger partial charge is 0.379 e. The van der Waals surface area contributed by atoms with Crippen molar-refractivity contribution in [2.45, 2.75) is 11.3 Å². The van der Waals surface area contributed by atoms with Crippen LogP contribution >= 0.6 is 12.2 Å². The lowest BCUT2D eigenvalue weighted by molar-refractivity contribution is 0.0730. The molecule has 0 radical (unpaired) electrons. The Morgan fingerprint density at radius 3 is 2.40 bits per heavy atom. The molecule has 0 spiro atoms. The summed E-state index contributed by atoms with van der Waals surface area (Å²) in [5.74, 6) is 0.0297. The first-order valence-corrected chi connectivity index (χ1v) is 11.2. The minimum Gasteiger partial charge on any atom is -0.379 e. The van der Waals surface area contributed by atoms with E-state index in [2.05, 4.69) is 15.8 Å². The van der Waals surface area contributed by atoms with E-state index in [1.807, 2.05) is 18.2 Å². The van der Waals surface area contributed by atoms with Crippen LogP contribution in [0.2, 0.25) is 0 Å². The van der Waals surface area contributed by atoms with Crippen molar-refractivity contribution in [1.82, 2.24) is 9.73 Å². The summed E-state index contributed by atoms with van der Waals surface area (Å²) in [5, 5.41) is 7.45. The third kappa shape index (κ3) is 4.26. The molecule has 0 atom stereocenters. The van der Waals surface area contributed by atoms with Gasteiger partial charge in [0.15, 0.2) is 10.9 Å². The Morgan fingerprint density at radius 2 is 1.70 bits per heavy atom. The average molecular weight is 445 g/mol. The number of thiocarbonyl (C=S) groups is 1. The van der Waals surface area contributed by atoms with E-state index in [-0.39, 0.29) is 22.2 Å². The zero-order valence-electron chi connectivity index (χ0n) is 16.0. The van der Waals surface area contributed by atoms with Crippen LogP contribution in [0.5, 0.6) is 0 Å². The molecule has 2 aliphatic rings. The molecule has 0 bridgehead atoms. The highest BCUT2D eigenvalue weighted by molar-refractivity contribution is 7.89. The van der Waals surface area contributed by atoms with E-state index in [1.54, 1.807) is 18.2 Å². The van der Waals surface area contributed by atoms with Gasteiger partial charge in [0.2, 0.25) is 10.0 Å². The highest BCUT2D eigenvalue weighted by atomic mass is 32.2. The summed E-state index contributed by atoms with van der Waals surface area (Å²) in [5.41, 5.74) is 5.46. The summed E-state index contributed by atoms with van der Waals surface area (Å²) in [6, 6.07) is 13.7. The van der Waals surface area contributed by atoms with Crippen LogP contribution in [0.4, 0.5) is 5.69 Å². The Morgan fingerprint density at radius 1 is 1.03 bits per heavy atom. The molecule has 156 valence electrons. The first-order chi connectivity index (χ1) is 14.4. The third-order valence-electron chi connectivity index (χ3n) is 4.88. The van der Waals surface area contributed by atoms with Crippen molar-refractivity contribution in [3.05, 3.63) is 59.7 Å². The maximum absolute atomic E-state index is 12.7. The number of anilines is 1. The number of carbonyl (C=O) groups excluding carboxylic acids is 1. The number of nitrogens with one attached hydrogen (secondary N) is 2. The molecule has 0 saturated carbocycles. The van der Waals surface area contributed by atoms with Gasteiger partial charge in [0.1, 0.15) is 0 Å². The predicted octanol–water partition coefficient (Wildman–Crippen LogP) is 1.98. The van der Waals surface area contributed by atoms with Gasteiger partial charge in [-0.25, -0.2) is 8.42 Å². The number of ketones is 1. The second-order valence-corrected chi connectivity index (χ2v) is 9.16. The van der Waals surface area contributed by atoms with Crippen molar-refractivity contribution >= 4 is 44.5 Å². The minimum absolute atomic E-state index is 0.0297. The summed E-state index contributed by atoms with van der Waals surface area (Å²) < 4.78 is 32.0. The van der Waals surface area contributed by atoms with Gasteiger partial charge >= 0.3 is 0 Å². The molecule has 2 aromatic rings. The van der Waals surface area contributed by atoms with Gasteiger partial charge in [-0.3, -0.25) is 10.2 Å². The Balaban J connectivity index is 1.39. The van der Waals surface area contributed by atoms with Crippen LogP contribution in [0.3, 0.4) is 0 Å². The number of benzene rings is 2. The van der Waals surface area contributed by atoms with E-state index in [4.69, 9.17) is 17.0 Å². The minimum atomic E-state index is -3.54. The van der Waals surface area contributed by atoms with Crippen molar-refractivity contribution in [1.29, 1.82) is 0 Å². The fraction of sp³-hybridized carbons (Fsp3) is 0.250. The lowest BCUT2D eigenvalue weighted by atomic mass is 10.1. The molecular weight excluding hydrogens is 424 g/mol. The van der Waals surface area contributed by atoms with E-state index >= 15 is 0 Å². The maximum Gasteiger partial charge on any atom is 0.243 e. The van der Waals surface area contributed by atoms with E-state index in [1.165, 1.54) is 16.4 Å². The number of rotatable bonds is 4. The van der Waals surface area contributed by atoms with Gasteiger partial charge in [-0.15, -0.1) is 0 Å². The molecule has 10 heteroatoms. The van der Waals surface area contributed by atoms with Gasteiger partial charge in [0, 0.05) is 29.9 Å². The third-order valence-corrected chi connectivity index (χ3v) is 6.99. The van der Waals surface area contributed by atoms with Crippen molar-refractivity contribution < 1.29 is 17.9 Å². The summed E-state index contributed by atoms with van der Waals surface area (Å²) in [4.78, 5) is 12.2. The van der Waals surface area contributed by atoms with Crippen LogP contribution in [0.1, 0.15) is 22.3 Å². The van der Waals surface area contributed by atoms with Crippen LogP contribution < -0.4 is 10.7 Å². The summed E-state index contributed by atoms with van der Waals surface area (Å²) in [7, 11) is -3.54. The predicted molar refractivity (Wildman–Crippen MR) is 117 cm³/mol. The maximum atomic E-state index is 12.7. The second-order valence-electron chi connectivity index (χ2n) is 6.81. The SMILES string of the molecule is O=C1C/C(=N\NC(=S)Nc2ccc(S(=O)(=O)N3CCOCC3)cc2)c2ccccc21. The highest BCUT2D eigenvalue weighted by Crippen LogP contribution is 2.22. The van der Waals surface area contributed by atoms with Crippen LogP contribution in [0.25, 0.3) is 0 Å². The van der Waals surface area contributed by atoms with Gasteiger partial charge in [-0.2, -0.15) is 9.41 Å². The van der Waals surface area contributed by atoms with Crippen molar-refractivity contribution in [3.8, 4) is 0 Å². The van der Waals surface area contributed by atoms with E-state index < -0.39 is 10.0 Å². The van der Waals surface area contributed by atoms with Gasteiger partial charge in [-0.1, -0.05) is 24.3 Å². The van der Waals surface area contributed by atoms with Crippen LogP contribution in [-0.4, -0.2) is 55.6 Å². The molecule has 1 heterocycles. The highest BCUT2D eigenvalue weighted by Gasteiger charge is 2.26. The molecule has 4 rings (SSSR count). The number of sulfonamides is 1. The first kappa shape index (κ1) is 20.6. The van der Waals surface area contributed by atoms with E-state index in [0.29, 0.717) is 43.3 Å². The average Bonchev–Trinajstić information content (AvgIpc) is 3.09. The van der Waals surface area contributed by atoms with E-state index in [9.17, 15) is 13.2 Å². The fourth-order valence-electron chi connectivity index (χ4n) is 3.34. The number of morpholine rings is 1. The molecule has 2 aromatic carbocycles. The van der Waals surface area contributed by atoms with Crippen molar-refractivity contribution in [2.75, 3.05) is 31.6 Å². The molecule has 30 heavy (non-hydrogen) atoms. The lowest BCUT2D eigenvalue weighted by Gasteiger charge is -2.26. The Bertz CT molecular complexity index is 1110. The molecular formula is C20H20N4O4S2. The zero-order chi connectivity index (χ0) is 21.1. The number of hydrazone groups is 1. The van der Waals surface area contributed by atoms with Crippen LogP contribution in [0, 0.1) is 0 Å². The van der Waals surface area contributed by atoms with Gasteiger partial charge in [0.25, 0.3) is 0 Å². The molecule has 2 N–H and O–H groups in total. The van der Waals surface area contributed by atoms with Gasteiger partial charge < -0.3 is 10.1 Å². The quantitative estimate of drug-likeness (QED) is 0.549. The number of hydrogen-bond donors (Lipinski definition) is 2. The van der Waals surface area contributed by atoms with Gasteiger partial charge in [0.05, 0.1) is 30.2 Å². The fourth-order valence-corrected chi connectivity index (χ4v) is 4.92. The topological polar surface area (TPSA) is 100 Å². The molecule has 1 fully saturated rings.